The van der Waals surface area contributed by atoms with Gasteiger partial charge in [-0.3, -0.25) is 0 Å². The molecule has 1 saturated heterocycles. The third kappa shape index (κ3) is 4.16. The van der Waals surface area contributed by atoms with Gasteiger partial charge in [0.05, 0.1) is 0 Å². The minimum absolute atomic E-state index is 0.339. The molecule has 3 aromatic rings. The van der Waals surface area contributed by atoms with Crippen molar-refractivity contribution in [1.29, 1.82) is 0 Å². The van der Waals surface area contributed by atoms with Crippen LogP contribution in [-0.4, -0.2) is 36.1 Å². The van der Waals surface area contributed by atoms with Crippen molar-refractivity contribution in [2.24, 2.45) is 0 Å². The molecular weight excluding hydrogens is 343 g/mol. The highest BCUT2D eigenvalue weighted by Gasteiger charge is 2.19. The second-order valence-electron chi connectivity index (χ2n) is 6.58. The van der Waals surface area contributed by atoms with E-state index in [1.165, 1.54) is 29.7 Å². The average molecular weight is 364 g/mol. The van der Waals surface area contributed by atoms with Crippen LogP contribution in [0.3, 0.4) is 0 Å². The Balaban J connectivity index is 1.42. The van der Waals surface area contributed by atoms with Crippen LogP contribution in [0.15, 0.2) is 60.9 Å². The van der Waals surface area contributed by atoms with E-state index in [9.17, 15) is 4.39 Å². The predicted molar refractivity (Wildman–Crippen MR) is 104 cm³/mol. The number of aromatic nitrogens is 2. The zero-order valence-electron chi connectivity index (χ0n) is 15.2. The first-order valence-corrected chi connectivity index (χ1v) is 8.99. The van der Waals surface area contributed by atoms with Gasteiger partial charge in [0.15, 0.2) is 0 Å². The highest BCUT2D eigenvalue weighted by atomic mass is 19.1. The van der Waals surface area contributed by atoms with Gasteiger partial charge >= 0.3 is 0 Å². The van der Waals surface area contributed by atoms with E-state index in [1.807, 2.05) is 0 Å². The van der Waals surface area contributed by atoms with E-state index in [0.29, 0.717) is 11.6 Å². The maximum absolute atomic E-state index is 13.3. The molecule has 2 aromatic carbocycles. The van der Waals surface area contributed by atoms with Crippen LogP contribution in [0, 0.1) is 12.7 Å². The quantitative estimate of drug-likeness (QED) is 0.699. The van der Waals surface area contributed by atoms with Gasteiger partial charge in [-0.05, 0) is 31.2 Å². The molecule has 1 aromatic heterocycles. The summed E-state index contributed by atoms with van der Waals surface area (Å²) >= 11 is 0. The molecule has 27 heavy (non-hydrogen) atoms. The van der Waals surface area contributed by atoms with Crippen molar-refractivity contribution in [3.63, 3.8) is 0 Å². The second-order valence-corrected chi connectivity index (χ2v) is 6.58. The molecule has 4 rings (SSSR count). The summed E-state index contributed by atoms with van der Waals surface area (Å²) in [6, 6.07) is 16.4. The van der Waals surface area contributed by atoms with Crippen molar-refractivity contribution in [1.82, 2.24) is 9.97 Å². The Morgan fingerprint density at radius 1 is 0.889 bits per heavy atom. The Morgan fingerprint density at radius 2 is 1.63 bits per heavy atom. The molecular formula is C21H21FN4O. The zero-order valence-corrected chi connectivity index (χ0v) is 15.2. The molecule has 0 aliphatic carbocycles. The molecule has 138 valence electrons. The first-order chi connectivity index (χ1) is 13.2. The summed E-state index contributed by atoms with van der Waals surface area (Å²) in [5.74, 6) is 1.31. The lowest BCUT2D eigenvalue weighted by Gasteiger charge is -2.36. The van der Waals surface area contributed by atoms with Gasteiger partial charge < -0.3 is 14.5 Å². The molecule has 6 heteroatoms. The van der Waals surface area contributed by atoms with Crippen molar-refractivity contribution in [2.75, 3.05) is 36.0 Å². The lowest BCUT2D eigenvalue weighted by atomic mass is 10.2. The fourth-order valence-electron chi connectivity index (χ4n) is 3.16. The van der Waals surface area contributed by atoms with Gasteiger partial charge in [0, 0.05) is 44.0 Å². The van der Waals surface area contributed by atoms with Crippen LogP contribution in [0.4, 0.5) is 15.9 Å². The number of benzene rings is 2. The maximum atomic E-state index is 13.3. The Hall–Kier alpha value is -3.15. The van der Waals surface area contributed by atoms with Crippen molar-refractivity contribution < 1.29 is 9.13 Å². The topological polar surface area (TPSA) is 41.5 Å². The summed E-state index contributed by atoms with van der Waals surface area (Å²) in [5, 5.41) is 0. The Labute approximate surface area is 158 Å². The molecule has 0 unspecified atom stereocenters. The summed E-state index contributed by atoms with van der Waals surface area (Å²) in [7, 11) is 0. The summed E-state index contributed by atoms with van der Waals surface area (Å²) in [4.78, 5) is 13.1. The van der Waals surface area contributed by atoms with E-state index >= 15 is 0 Å². The third-order valence-corrected chi connectivity index (χ3v) is 4.65. The summed E-state index contributed by atoms with van der Waals surface area (Å²) in [6.45, 7) is 5.68. The first-order valence-electron chi connectivity index (χ1n) is 8.99. The monoisotopic (exact) mass is 364 g/mol. The normalized spacial score (nSPS) is 14.3. The Bertz CT molecular complexity index is 908. The molecule has 1 aliphatic heterocycles. The molecule has 0 atom stereocenters. The minimum Gasteiger partial charge on any atom is -0.439 e. The molecule has 1 fully saturated rings. The molecule has 2 heterocycles. The van der Waals surface area contributed by atoms with Crippen LogP contribution in [0.2, 0.25) is 0 Å². The zero-order chi connectivity index (χ0) is 18.6. The number of halogens is 1. The van der Waals surface area contributed by atoms with E-state index in [4.69, 9.17) is 4.74 Å². The summed E-state index contributed by atoms with van der Waals surface area (Å²) in [6.07, 6.45) is 1.48. The predicted octanol–water partition coefficient (Wildman–Crippen LogP) is 4.04. The number of ether oxygens (including phenoxy) is 1. The van der Waals surface area contributed by atoms with Gasteiger partial charge in [-0.25, -0.2) is 14.4 Å². The van der Waals surface area contributed by atoms with Crippen molar-refractivity contribution in [3.8, 4) is 11.6 Å². The molecule has 0 spiro atoms. The van der Waals surface area contributed by atoms with Crippen molar-refractivity contribution in [2.45, 2.75) is 6.92 Å². The Kier molecular flexibility index (Phi) is 4.87. The van der Waals surface area contributed by atoms with E-state index in [1.54, 1.807) is 18.2 Å². The standard InChI is InChI=1S/C21H21FN4O/c1-16-5-7-18(8-6-16)25-9-11-26(12-10-25)20-14-21(24-15-23-20)27-19-4-2-3-17(22)13-19/h2-8,13-15H,9-12H2,1H3. The van der Waals surface area contributed by atoms with Crippen LogP contribution in [0.1, 0.15) is 5.56 Å². The van der Waals surface area contributed by atoms with E-state index in [2.05, 4.69) is 51.0 Å². The van der Waals surface area contributed by atoms with Gasteiger partial charge in [0.1, 0.15) is 23.7 Å². The average Bonchev–Trinajstić information content (AvgIpc) is 2.69. The van der Waals surface area contributed by atoms with Gasteiger partial charge in [0.2, 0.25) is 5.88 Å². The van der Waals surface area contributed by atoms with Gasteiger partial charge in [-0.15, -0.1) is 0 Å². The second kappa shape index (κ2) is 7.61. The molecule has 0 N–H and O–H groups in total. The highest BCUT2D eigenvalue weighted by Crippen LogP contribution is 2.24. The SMILES string of the molecule is Cc1ccc(N2CCN(c3cc(Oc4cccc(F)c4)ncn3)CC2)cc1. The van der Waals surface area contributed by atoms with Crippen molar-refractivity contribution in [3.05, 3.63) is 72.3 Å². The van der Waals surface area contributed by atoms with Gasteiger partial charge in [0.25, 0.3) is 0 Å². The first kappa shape index (κ1) is 17.3. The van der Waals surface area contributed by atoms with Crippen LogP contribution < -0.4 is 14.5 Å². The lowest BCUT2D eigenvalue weighted by Crippen LogP contribution is -2.46. The van der Waals surface area contributed by atoms with Gasteiger partial charge in [-0.1, -0.05) is 23.8 Å². The highest BCUT2D eigenvalue weighted by molar-refractivity contribution is 5.50. The largest absolute Gasteiger partial charge is 0.439 e. The van der Waals surface area contributed by atoms with E-state index < -0.39 is 0 Å². The van der Waals surface area contributed by atoms with Gasteiger partial charge in [-0.2, -0.15) is 0 Å². The number of rotatable bonds is 4. The maximum Gasteiger partial charge on any atom is 0.224 e. The summed E-state index contributed by atoms with van der Waals surface area (Å²) < 4.78 is 19.0. The minimum atomic E-state index is -0.339. The number of piperazine rings is 1. The number of hydrogen-bond acceptors (Lipinski definition) is 5. The number of nitrogens with zero attached hydrogens (tertiary/aromatic N) is 4. The molecule has 0 bridgehead atoms. The number of hydrogen-bond donors (Lipinski definition) is 0. The molecule has 1 aliphatic rings. The number of aryl methyl sites for hydroxylation is 1. The van der Waals surface area contributed by atoms with Crippen LogP contribution in [0.25, 0.3) is 0 Å². The summed E-state index contributed by atoms with van der Waals surface area (Å²) in [5.41, 5.74) is 2.52. The van der Waals surface area contributed by atoms with E-state index in [0.717, 1.165) is 32.0 Å². The van der Waals surface area contributed by atoms with Crippen molar-refractivity contribution >= 4 is 11.5 Å². The fraction of sp³-hybridized carbons (Fsp3) is 0.238. The van der Waals surface area contributed by atoms with Crippen LogP contribution in [0.5, 0.6) is 11.6 Å². The van der Waals surface area contributed by atoms with E-state index in [-0.39, 0.29) is 5.82 Å². The van der Waals surface area contributed by atoms with Crippen LogP contribution in [-0.2, 0) is 0 Å². The van der Waals surface area contributed by atoms with Crippen LogP contribution >= 0.6 is 0 Å². The molecule has 0 radical (unpaired) electrons. The molecule has 0 saturated carbocycles. The third-order valence-electron chi connectivity index (χ3n) is 4.65. The number of anilines is 2. The molecule has 5 nitrogen and oxygen atoms in total. The smallest absolute Gasteiger partial charge is 0.224 e. The lowest BCUT2D eigenvalue weighted by molar-refractivity contribution is 0.456. The Morgan fingerprint density at radius 3 is 2.37 bits per heavy atom. The fourth-order valence-corrected chi connectivity index (χ4v) is 3.16. The molecule has 0 amide bonds.